The predicted octanol–water partition coefficient (Wildman–Crippen LogP) is 5.29. The molecule has 32 heavy (non-hydrogen) atoms. The second-order valence-corrected chi connectivity index (χ2v) is 7.69. The van der Waals surface area contributed by atoms with Crippen molar-refractivity contribution in [2.24, 2.45) is 5.92 Å². The summed E-state index contributed by atoms with van der Waals surface area (Å²) in [5, 5.41) is 2.57. The van der Waals surface area contributed by atoms with Crippen LogP contribution in [0.5, 0.6) is 0 Å². The van der Waals surface area contributed by atoms with E-state index in [1.165, 1.54) is 12.1 Å². The molecule has 7 heteroatoms. The summed E-state index contributed by atoms with van der Waals surface area (Å²) in [6.45, 7) is 0.399. The van der Waals surface area contributed by atoms with Crippen LogP contribution >= 0.6 is 0 Å². The Bertz CT molecular complexity index is 1110. The van der Waals surface area contributed by atoms with Crippen LogP contribution in [0.25, 0.3) is 0 Å². The fourth-order valence-corrected chi connectivity index (χ4v) is 3.87. The number of carbonyl (C=O) groups is 2. The first kappa shape index (κ1) is 21.6. The highest BCUT2D eigenvalue weighted by Crippen LogP contribution is 2.32. The number of anilines is 2. The summed E-state index contributed by atoms with van der Waals surface area (Å²) in [5.41, 5.74) is 2.29. The van der Waals surface area contributed by atoms with Gasteiger partial charge in [-0.1, -0.05) is 48.5 Å². The molecule has 0 aromatic heterocycles. The average molecular weight is 438 g/mol. The van der Waals surface area contributed by atoms with Crippen LogP contribution in [0.4, 0.5) is 24.5 Å². The van der Waals surface area contributed by atoms with E-state index in [0.717, 1.165) is 28.9 Å². The summed E-state index contributed by atoms with van der Waals surface area (Å²) in [6, 6.07) is 21.7. The molecule has 1 heterocycles. The Morgan fingerprint density at radius 2 is 1.59 bits per heavy atom. The van der Waals surface area contributed by atoms with E-state index in [2.05, 4.69) is 5.32 Å². The number of carbonyl (C=O) groups excluding carboxylic acids is 2. The molecular weight excluding hydrogens is 417 g/mol. The van der Waals surface area contributed by atoms with Crippen LogP contribution in [0.2, 0.25) is 0 Å². The summed E-state index contributed by atoms with van der Waals surface area (Å²) in [4.78, 5) is 27.3. The maximum atomic E-state index is 13.0. The van der Waals surface area contributed by atoms with Crippen molar-refractivity contribution < 1.29 is 22.8 Å². The molecule has 2 amide bonds. The third kappa shape index (κ3) is 4.66. The van der Waals surface area contributed by atoms with Crippen molar-refractivity contribution >= 4 is 23.2 Å². The lowest BCUT2D eigenvalue weighted by Gasteiger charge is -2.20. The van der Waals surface area contributed by atoms with Gasteiger partial charge in [0.25, 0.3) is 0 Å². The molecule has 0 spiro atoms. The average Bonchev–Trinajstić information content (AvgIpc) is 3.16. The summed E-state index contributed by atoms with van der Waals surface area (Å²) in [6.07, 6.45) is -3.45. The van der Waals surface area contributed by atoms with E-state index in [1.807, 2.05) is 54.6 Å². The summed E-state index contributed by atoms with van der Waals surface area (Å²) in [7, 11) is 0. The smallest absolute Gasteiger partial charge is 0.325 e. The van der Waals surface area contributed by atoms with Gasteiger partial charge in [-0.3, -0.25) is 9.59 Å². The molecule has 0 bridgehead atoms. The number of nitrogens with zero attached hydrogens (tertiary/aromatic N) is 1. The first-order valence-electron chi connectivity index (χ1n) is 10.2. The molecule has 1 unspecified atom stereocenters. The summed E-state index contributed by atoms with van der Waals surface area (Å²) >= 11 is 0. The maximum absolute atomic E-state index is 13.0. The lowest BCUT2D eigenvalue weighted by Crippen LogP contribution is -2.33. The highest BCUT2D eigenvalue weighted by atomic mass is 19.4. The van der Waals surface area contributed by atoms with Crippen molar-refractivity contribution in [3.05, 3.63) is 95.6 Å². The van der Waals surface area contributed by atoms with Crippen molar-refractivity contribution in [3.63, 3.8) is 0 Å². The Morgan fingerprint density at radius 3 is 2.28 bits per heavy atom. The molecule has 3 aromatic carbocycles. The van der Waals surface area contributed by atoms with Crippen LogP contribution in [0.1, 0.15) is 23.1 Å². The van der Waals surface area contributed by atoms with Crippen LogP contribution in [-0.4, -0.2) is 18.4 Å². The molecule has 1 aliphatic heterocycles. The second kappa shape index (κ2) is 8.86. The molecule has 164 valence electrons. The molecule has 1 saturated heterocycles. The number of nitrogens with one attached hydrogen (secondary N) is 1. The van der Waals surface area contributed by atoms with Crippen LogP contribution in [-0.2, 0) is 22.2 Å². The molecule has 1 atom stereocenters. The Morgan fingerprint density at radius 1 is 0.938 bits per heavy atom. The standard InChI is InChI=1S/C25H21F3N2O2/c26-25(27,28)19-10-12-20(13-11-19)29-23(31)21-14-15-30(24(21)32)22-9-5-4-8-18(22)16-17-6-2-1-3-7-17/h1-13,21H,14-16H2,(H,29,31). The number of halogens is 3. The van der Waals surface area contributed by atoms with E-state index in [0.29, 0.717) is 19.4 Å². The van der Waals surface area contributed by atoms with Gasteiger partial charge in [0.2, 0.25) is 11.8 Å². The van der Waals surface area contributed by atoms with Crippen molar-refractivity contribution in [2.75, 3.05) is 16.8 Å². The van der Waals surface area contributed by atoms with Gasteiger partial charge in [-0.05, 0) is 54.3 Å². The van der Waals surface area contributed by atoms with Gasteiger partial charge in [-0.15, -0.1) is 0 Å². The minimum atomic E-state index is -4.45. The third-order valence-corrected chi connectivity index (χ3v) is 5.52. The molecule has 4 nitrogen and oxygen atoms in total. The van der Waals surface area contributed by atoms with E-state index in [1.54, 1.807) is 4.90 Å². The second-order valence-electron chi connectivity index (χ2n) is 7.69. The van der Waals surface area contributed by atoms with Gasteiger partial charge < -0.3 is 10.2 Å². The SMILES string of the molecule is O=C(Nc1ccc(C(F)(F)F)cc1)C1CCN(c2ccccc2Cc2ccccc2)C1=O. The fraction of sp³-hybridized carbons (Fsp3) is 0.200. The number of hydrogen-bond donors (Lipinski definition) is 1. The number of rotatable bonds is 5. The Kier molecular flexibility index (Phi) is 5.99. The van der Waals surface area contributed by atoms with Crippen LogP contribution in [0.3, 0.4) is 0 Å². The van der Waals surface area contributed by atoms with Crippen molar-refractivity contribution in [1.29, 1.82) is 0 Å². The van der Waals surface area contributed by atoms with Crippen molar-refractivity contribution in [1.82, 2.24) is 0 Å². The number of alkyl halides is 3. The molecule has 0 aliphatic carbocycles. The summed E-state index contributed by atoms with van der Waals surface area (Å²) in [5.74, 6) is -1.71. The van der Waals surface area contributed by atoms with Gasteiger partial charge in [0, 0.05) is 17.9 Å². The van der Waals surface area contributed by atoms with Gasteiger partial charge in [-0.2, -0.15) is 13.2 Å². The first-order valence-corrected chi connectivity index (χ1v) is 10.2. The highest BCUT2D eigenvalue weighted by molar-refractivity contribution is 6.13. The van der Waals surface area contributed by atoms with E-state index < -0.39 is 23.6 Å². The first-order chi connectivity index (χ1) is 15.3. The fourth-order valence-electron chi connectivity index (χ4n) is 3.87. The Balaban J connectivity index is 1.47. The predicted molar refractivity (Wildman–Crippen MR) is 116 cm³/mol. The molecular formula is C25H21F3N2O2. The van der Waals surface area contributed by atoms with E-state index in [9.17, 15) is 22.8 Å². The van der Waals surface area contributed by atoms with Gasteiger partial charge in [0.1, 0.15) is 5.92 Å². The van der Waals surface area contributed by atoms with Gasteiger partial charge in [0.15, 0.2) is 0 Å². The van der Waals surface area contributed by atoms with Crippen LogP contribution in [0.15, 0.2) is 78.9 Å². The summed E-state index contributed by atoms with van der Waals surface area (Å²) < 4.78 is 38.1. The Labute approximate surface area is 183 Å². The van der Waals surface area contributed by atoms with Crippen LogP contribution in [0, 0.1) is 5.92 Å². The third-order valence-electron chi connectivity index (χ3n) is 5.52. The molecule has 0 radical (unpaired) electrons. The molecule has 1 N–H and O–H groups in total. The maximum Gasteiger partial charge on any atom is 0.416 e. The van der Waals surface area contributed by atoms with E-state index in [-0.39, 0.29) is 11.6 Å². The lowest BCUT2D eigenvalue weighted by atomic mass is 10.0. The molecule has 3 aromatic rings. The Hall–Kier alpha value is -3.61. The van der Waals surface area contributed by atoms with Gasteiger partial charge >= 0.3 is 6.18 Å². The number of benzene rings is 3. The minimum absolute atomic E-state index is 0.221. The number of amides is 2. The molecule has 1 aliphatic rings. The zero-order valence-electron chi connectivity index (χ0n) is 17.1. The molecule has 4 rings (SSSR count). The largest absolute Gasteiger partial charge is 0.416 e. The van der Waals surface area contributed by atoms with E-state index >= 15 is 0 Å². The monoisotopic (exact) mass is 438 g/mol. The molecule has 1 fully saturated rings. The van der Waals surface area contributed by atoms with Gasteiger partial charge in [-0.25, -0.2) is 0 Å². The van der Waals surface area contributed by atoms with Crippen molar-refractivity contribution in [3.8, 4) is 0 Å². The number of para-hydroxylation sites is 1. The lowest BCUT2D eigenvalue weighted by molar-refractivity contribution is -0.137. The quantitative estimate of drug-likeness (QED) is 0.551. The topological polar surface area (TPSA) is 49.4 Å². The molecule has 0 saturated carbocycles. The van der Waals surface area contributed by atoms with Crippen LogP contribution < -0.4 is 10.2 Å². The normalized spacial score (nSPS) is 16.3. The number of hydrogen-bond acceptors (Lipinski definition) is 2. The van der Waals surface area contributed by atoms with Gasteiger partial charge in [0.05, 0.1) is 5.56 Å². The zero-order chi connectivity index (χ0) is 22.7. The van der Waals surface area contributed by atoms with Crippen molar-refractivity contribution in [2.45, 2.75) is 19.0 Å². The zero-order valence-corrected chi connectivity index (χ0v) is 17.1. The minimum Gasteiger partial charge on any atom is -0.325 e. The highest BCUT2D eigenvalue weighted by Gasteiger charge is 2.38. The van der Waals surface area contributed by atoms with E-state index in [4.69, 9.17) is 0 Å².